The summed E-state index contributed by atoms with van der Waals surface area (Å²) in [6, 6.07) is 0.785. The molecule has 1 atom stereocenters. The van der Waals surface area contributed by atoms with Crippen LogP contribution in [0.3, 0.4) is 0 Å². The third-order valence-electron chi connectivity index (χ3n) is 4.39. The average Bonchev–Trinajstić information content (AvgIpc) is 3.18. The molecule has 3 nitrogen and oxygen atoms in total. The van der Waals surface area contributed by atoms with Crippen LogP contribution < -0.4 is 5.32 Å². The van der Waals surface area contributed by atoms with Crippen molar-refractivity contribution in [3.63, 3.8) is 0 Å². The molecule has 0 spiro atoms. The number of piperidine rings is 1. The predicted octanol–water partition coefficient (Wildman–Crippen LogP) is 3.19. The van der Waals surface area contributed by atoms with Gasteiger partial charge in [-0.2, -0.15) is 0 Å². The molecule has 112 valence electrons. The van der Waals surface area contributed by atoms with Crippen molar-refractivity contribution >= 4 is 11.3 Å². The van der Waals surface area contributed by atoms with Gasteiger partial charge in [-0.1, -0.05) is 13.8 Å². The molecule has 0 radical (unpaired) electrons. The fraction of sp³-hybridized carbons (Fsp3) is 0.812. The van der Waals surface area contributed by atoms with E-state index in [9.17, 15) is 0 Å². The summed E-state index contributed by atoms with van der Waals surface area (Å²) in [4.78, 5) is 8.94. The van der Waals surface area contributed by atoms with Crippen molar-refractivity contribution in [2.45, 2.75) is 65.1 Å². The van der Waals surface area contributed by atoms with Crippen molar-refractivity contribution in [1.82, 2.24) is 15.2 Å². The zero-order chi connectivity index (χ0) is 13.9. The van der Waals surface area contributed by atoms with Crippen LogP contribution in [-0.2, 0) is 19.5 Å². The summed E-state index contributed by atoms with van der Waals surface area (Å²) in [5.41, 5.74) is 1.32. The number of thiazole rings is 1. The fourth-order valence-electron chi connectivity index (χ4n) is 3.06. The minimum Gasteiger partial charge on any atom is -0.309 e. The van der Waals surface area contributed by atoms with Crippen molar-refractivity contribution in [2.75, 3.05) is 13.1 Å². The quantitative estimate of drug-likeness (QED) is 0.873. The first kappa shape index (κ1) is 14.5. The molecule has 2 heterocycles. The highest BCUT2D eigenvalue weighted by Crippen LogP contribution is 2.25. The number of hydrogen-bond acceptors (Lipinski definition) is 4. The van der Waals surface area contributed by atoms with Crippen LogP contribution in [0.1, 0.15) is 55.1 Å². The molecule has 1 aromatic heterocycles. The first-order valence-corrected chi connectivity index (χ1v) is 8.99. The van der Waals surface area contributed by atoms with E-state index in [-0.39, 0.29) is 0 Å². The zero-order valence-electron chi connectivity index (χ0n) is 12.8. The molecule has 1 aliphatic heterocycles. The van der Waals surface area contributed by atoms with Crippen molar-refractivity contribution in [1.29, 1.82) is 0 Å². The molecule has 2 aliphatic rings. The predicted molar refractivity (Wildman–Crippen MR) is 85.0 cm³/mol. The van der Waals surface area contributed by atoms with Gasteiger partial charge in [0.1, 0.15) is 5.01 Å². The van der Waals surface area contributed by atoms with E-state index >= 15 is 0 Å². The van der Waals surface area contributed by atoms with Gasteiger partial charge in [-0.25, -0.2) is 4.98 Å². The van der Waals surface area contributed by atoms with Crippen LogP contribution in [0.25, 0.3) is 0 Å². The minimum absolute atomic E-state index is 0.785. The zero-order valence-corrected chi connectivity index (χ0v) is 13.6. The molecular weight excluding hydrogens is 266 g/mol. The molecule has 0 bridgehead atoms. The van der Waals surface area contributed by atoms with E-state index in [1.807, 2.05) is 11.3 Å². The lowest BCUT2D eigenvalue weighted by atomic mass is 10.0. The topological polar surface area (TPSA) is 28.2 Å². The van der Waals surface area contributed by atoms with Gasteiger partial charge in [0.2, 0.25) is 0 Å². The molecule has 1 aromatic rings. The fourth-order valence-corrected chi connectivity index (χ4v) is 4.22. The molecular formula is C16H27N3S. The van der Waals surface area contributed by atoms with Crippen LogP contribution in [-0.4, -0.2) is 29.0 Å². The Hall–Kier alpha value is -0.450. The highest BCUT2D eigenvalue weighted by atomic mass is 32.1. The van der Waals surface area contributed by atoms with Crippen LogP contribution in [0.2, 0.25) is 0 Å². The maximum Gasteiger partial charge on any atom is 0.107 e. The average molecular weight is 293 g/mol. The highest BCUT2D eigenvalue weighted by Gasteiger charge is 2.22. The van der Waals surface area contributed by atoms with E-state index in [0.717, 1.165) is 31.5 Å². The van der Waals surface area contributed by atoms with E-state index in [1.165, 1.54) is 54.4 Å². The summed E-state index contributed by atoms with van der Waals surface area (Å²) in [5.74, 6) is 0.852. The SMILES string of the molecule is CCc1nc(CN2CCCC(C)C2)sc1CNC1CC1. The van der Waals surface area contributed by atoms with E-state index < -0.39 is 0 Å². The molecule has 0 amide bonds. The van der Waals surface area contributed by atoms with Gasteiger partial charge in [0.15, 0.2) is 0 Å². The van der Waals surface area contributed by atoms with Crippen molar-refractivity contribution in [2.24, 2.45) is 5.92 Å². The summed E-state index contributed by atoms with van der Waals surface area (Å²) in [6.07, 6.45) is 6.53. The number of aromatic nitrogens is 1. The molecule has 1 N–H and O–H groups in total. The van der Waals surface area contributed by atoms with Gasteiger partial charge in [-0.05, 0) is 44.6 Å². The number of nitrogens with one attached hydrogen (secondary N) is 1. The Bertz CT molecular complexity index is 439. The Morgan fingerprint density at radius 3 is 2.90 bits per heavy atom. The number of aryl methyl sites for hydroxylation is 1. The second-order valence-electron chi connectivity index (χ2n) is 6.47. The standard InChI is InChI=1S/C16H27N3S/c1-3-14-15(9-17-13-6-7-13)20-16(18-14)11-19-8-4-5-12(2)10-19/h12-13,17H,3-11H2,1-2H3. The van der Waals surface area contributed by atoms with Crippen LogP contribution >= 0.6 is 11.3 Å². The van der Waals surface area contributed by atoms with Crippen LogP contribution in [0.5, 0.6) is 0 Å². The molecule has 4 heteroatoms. The smallest absolute Gasteiger partial charge is 0.107 e. The van der Waals surface area contributed by atoms with Gasteiger partial charge in [0, 0.05) is 24.0 Å². The summed E-state index contributed by atoms with van der Waals surface area (Å²) >= 11 is 1.93. The minimum atomic E-state index is 0.785. The number of hydrogen-bond donors (Lipinski definition) is 1. The molecule has 1 unspecified atom stereocenters. The Balaban J connectivity index is 1.60. The Morgan fingerprint density at radius 2 is 2.20 bits per heavy atom. The number of nitrogens with zero attached hydrogens (tertiary/aromatic N) is 2. The van der Waals surface area contributed by atoms with Crippen molar-refractivity contribution in [3.05, 3.63) is 15.6 Å². The summed E-state index contributed by atoms with van der Waals surface area (Å²) in [6.45, 7) is 9.18. The largest absolute Gasteiger partial charge is 0.309 e. The first-order valence-electron chi connectivity index (χ1n) is 8.17. The Kier molecular flexibility index (Phi) is 4.74. The molecule has 3 rings (SSSR count). The lowest BCUT2D eigenvalue weighted by Crippen LogP contribution is -2.33. The van der Waals surface area contributed by atoms with Crippen LogP contribution in [0.15, 0.2) is 0 Å². The van der Waals surface area contributed by atoms with Gasteiger partial charge in [0.05, 0.1) is 12.2 Å². The van der Waals surface area contributed by atoms with E-state index in [4.69, 9.17) is 4.98 Å². The maximum absolute atomic E-state index is 4.88. The lowest BCUT2D eigenvalue weighted by Gasteiger charge is -2.29. The maximum atomic E-state index is 4.88. The van der Waals surface area contributed by atoms with Crippen molar-refractivity contribution in [3.8, 4) is 0 Å². The van der Waals surface area contributed by atoms with Crippen LogP contribution in [0.4, 0.5) is 0 Å². The van der Waals surface area contributed by atoms with Gasteiger partial charge in [0.25, 0.3) is 0 Å². The monoisotopic (exact) mass is 293 g/mol. The number of rotatable bonds is 6. The van der Waals surface area contributed by atoms with Gasteiger partial charge in [-0.15, -0.1) is 11.3 Å². The van der Waals surface area contributed by atoms with Crippen molar-refractivity contribution < 1.29 is 0 Å². The van der Waals surface area contributed by atoms with Gasteiger partial charge in [-0.3, -0.25) is 4.90 Å². The molecule has 20 heavy (non-hydrogen) atoms. The third-order valence-corrected chi connectivity index (χ3v) is 5.47. The second-order valence-corrected chi connectivity index (χ2v) is 7.64. The molecule has 1 saturated heterocycles. The van der Waals surface area contributed by atoms with E-state index in [1.54, 1.807) is 0 Å². The summed E-state index contributed by atoms with van der Waals surface area (Å²) in [7, 11) is 0. The molecule has 1 saturated carbocycles. The van der Waals surface area contributed by atoms with E-state index in [0.29, 0.717) is 0 Å². The van der Waals surface area contributed by atoms with Gasteiger partial charge < -0.3 is 5.32 Å². The Morgan fingerprint density at radius 1 is 1.35 bits per heavy atom. The molecule has 1 aliphatic carbocycles. The van der Waals surface area contributed by atoms with E-state index in [2.05, 4.69) is 24.1 Å². The molecule has 0 aromatic carbocycles. The Labute approximate surface area is 126 Å². The number of likely N-dealkylation sites (tertiary alicyclic amines) is 1. The normalized spacial score (nSPS) is 24.2. The second kappa shape index (κ2) is 6.54. The lowest BCUT2D eigenvalue weighted by molar-refractivity contribution is 0.176. The first-order chi connectivity index (χ1) is 9.74. The highest BCUT2D eigenvalue weighted by molar-refractivity contribution is 7.11. The summed E-state index contributed by atoms with van der Waals surface area (Å²) in [5, 5.41) is 4.95. The van der Waals surface area contributed by atoms with Crippen LogP contribution in [0, 0.1) is 5.92 Å². The third kappa shape index (κ3) is 3.80. The van der Waals surface area contributed by atoms with Gasteiger partial charge >= 0.3 is 0 Å². The molecule has 2 fully saturated rings. The summed E-state index contributed by atoms with van der Waals surface area (Å²) < 4.78 is 0.